The molecule has 0 fully saturated rings. The van der Waals surface area contributed by atoms with E-state index in [1.165, 1.54) is 0 Å². The van der Waals surface area contributed by atoms with Crippen molar-refractivity contribution in [3.05, 3.63) is 109 Å². The number of ether oxygens (including phenoxy) is 2. The number of anilines is 2. The number of hydrogen-bond acceptors (Lipinski definition) is 7. The molecule has 9 nitrogen and oxygen atoms in total. The Morgan fingerprint density at radius 2 is 0.897 bits per heavy atom. The minimum Gasteiger partial charge on any atom is -0.484 e. The lowest BCUT2D eigenvalue weighted by atomic mass is 10.1. The molecule has 5 aromatic rings. The molecule has 0 aliphatic rings. The van der Waals surface area contributed by atoms with Crippen LogP contribution in [0.5, 0.6) is 11.5 Å². The Morgan fingerprint density at radius 3 is 1.28 bits per heavy atom. The molecule has 1 aromatic heterocycles. The van der Waals surface area contributed by atoms with Gasteiger partial charge in [0.1, 0.15) is 11.5 Å². The summed E-state index contributed by atoms with van der Waals surface area (Å²) < 4.78 is 15.8. The molecule has 9 heteroatoms. The highest BCUT2D eigenvalue weighted by Gasteiger charge is 2.16. The highest BCUT2D eigenvalue weighted by Crippen LogP contribution is 2.23. The molecular formula is C30H24N4O5. The zero-order chi connectivity index (χ0) is 26.9. The molecule has 5 rings (SSSR count). The number of hydrogen-bond donors (Lipinski definition) is 2. The molecule has 4 aromatic carbocycles. The Labute approximate surface area is 224 Å². The van der Waals surface area contributed by atoms with Crippen molar-refractivity contribution in [2.24, 2.45) is 0 Å². The SMILES string of the molecule is O=C(COc1ccc(-c2ccccc2)cc1)Nc1nonc1NC(=O)COc1ccc(-c2ccccc2)cc1. The Bertz CT molecular complexity index is 1400. The fraction of sp³-hybridized carbons (Fsp3) is 0.0667. The number of nitrogens with zero attached hydrogens (tertiary/aromatic N) is 2. The maximum absolute atomic E-state index is 12.4. The fourth-order valence-corrected chi connectivity index (χ4v) is 3.74. The van der Waals surface area contributed by atoms with E-state index in [1.807, 2.05) is 84.9 Å². The molecule has 1 heterocycles. The van der Waals surface area contributed by atoms with Crippen molar-refractivity contribution in [3.8, 4) is 33.8 Å². The minimum atomic E-state index is -0.497. The number of carbonyl (C=O) groups excluding carboxylic acids is 2. The maximum atomic E-state index is 12.4. The van der Waals surface area contributed by atoms with Crippen LogP contribution in [0.15, 0.2) is 114 Å². The standard InChI is InChI=1S/C30H24N4O5/c35-27(19-37-25-15-11-23(12-16-25)21-7-3-1-4-8-21)31-29-30(34-39-33-29)32-28(36)20-38-26-17-13-24(14-18-26)22-9-5-2-6-10-22/h1-18H,19-20H2,(H,31,33,35)(H,32,34,36). The Kier molecular flexibility index (Phi) is 7.89. The van der Waals surface area contributed by atoms with Crippen molar-refractivity contribution >= 4 is 23.5 Å². The number of benzene rings is 4. The highest BCUT2D eigenvalue weighted by atomic mass is 16.6. The van der Waals surface area contributed by atoms with Gasteiger partial charge in [-0.2, -0.15) is 0 Å². The summed E-state index contributed by atoms with van der Waals surface area (Å²) in [6.07, 6.45) is 0. The van der Waals surface area contributed by atoms with Crippen LogP contribution >= 0.6 is 0 Å². The zero-order valence-corrected chi connectivity index (χ0v) is 20.7. The van der Waals surface area contributed by atoms with Crippen LogP contribution in [0.4, 0.5) is 11.6 Å². The van der Waals surface area contributed by atoms with Gasteiger partial charge in [-0.25, -0.2) is 4.63 Å². The van der Waals surface area contributed by atoms with Gasteiger partial charge >= 0.3 is 0 Å². The largest absolute Gasteiger partial charge is 0.484 e. The summed E-state index contributed by atoms with van der Waals surface area (Å²) in [4.78, 5) is 24.7. The lowest BCUT2D eigenvalue weighted by Crippen LogP contribution is -2.23. The first-order valence-corrected chi connectivity index (χ1v) is 12.1. The van der Waals surface area contributed by atoms with Gasteiger partial charge < -0.3 is 20.1 Å². The molecular weight excluding hydrogens is 496 g/mol. The van der Waals surface area contributed by atoms with Gasteiger partial charge in [-0.3, -0.25) is 9.59 Å². The van der Waals surface area contributed by atoms with E-state index in [2.05, 4.69) is 25.6 Å². The second-order valence-corrected chi connectivity index (χ2v) is 8.42. The molecule has 0 radical (unpaired) electrons. The van der Waals surface area contributed by atoms with Crippen molar-refractivity contribution in [3.63, 3.8) is 0 Å². The van der Waals surface area contributed by atoms with Crippen molar-refractivity contribution in [2.75, 3.05) is 23.8 Å². The van der Waals surface area contributed by atoms with Crippen LogP contribution < -0.4 is 20.1 Å². The van der Waals surface area contributed by atoms with Crippen LogP contribution in [0.3, 0.4) is 0 Å². The first-order chi connectivity index (χ1) is 19.1. The van der Waals surface area contributed by atoms with E-state index in [0.29, 0.717) is 11.5 Å². The molecule has 2 N–H and O–H groups in total. The zero-order valence-electron chi connectivity index (χ0n) is 20.7. The van der Waals surface area contributed by atoms with Crippen LogP contribution in [0.25, 0.3) is 22.3 Å². The monoisotopic (exact) mass is 520 g/mol. The Balaban J connectivity index is 1.08. The topological polar surface area (TPSA) is 116 Å². The molecule has 39 heavy (non-hydrogen) atoms. The van der Waals surface area contributed by atoms with Gasteiger partial charge in [-0.15, -0.1) is 0 Å². The average molecular weight is 521 g/mol. The van der Waals surface area contributed by atoms with Gasteiger partial charge in [0.2, 0.25) is 11.6 Å². The summed E-state index contributed by atoms with van der Waals surface area (Å²) in [6, 6.07) is 34.7. The minimum absolute atomic E-state index is 0.0383. The second kappa shape index (κ2) is 12.2. The molecule has 0 aliphatic heterocycles. The lowest BCUT2D eigenvalue weighted by Gasteiger charge is -2.09. The molecule has 0 spiro atoms. The number of amides is 2. The normalized spacial score (nSPS) is 10.5. The summed E-state index contributed by atoms with van der Waals surface area (Å²) in [5.74, 6) is -0.00506. The summed E-state index contributed by atoms with van der Waals surface area (Å²) in [5, 5.41) is 12.3. The number of nitrogens with one attached hydrogen (secondary N) is 2. The Morgan fingerprint density at radius 1 is 0.538 bits per heavy atom. The quantitative estimate of drug-likeness (QED) is 0.252. The number of rotatable bonds is 10. The first-order valence-electron chi connectivity index (χ1n) is 12.1. The number of carbonyl (C=O) groups is 2. The van der Waals surface area contributed by atoms with E-state index in [-0.39, 0.29) is 24.8 Å². The van der Waals surface area contributed by atoms with E-state index in [9.17, 15) is 9.59 Å². The van der Waals surface area contributed by atoms with E-state index in [0.717, 1.165) is 22.3 Å². The Hall–Kier alpha value is -5.44. The smallest absolute Gasteiger partial charge is 0.263 e. The van der Waals surface area contributed by atoms with Gasteiger partial charge in [0.05, 0.1) is 0 Å². The predicted molar refractivity (Wildman–Crippen MR) is 146 cm³/mol. The van der Waals surface area contributed by atoms with Crippen LogP contribution in [-0.2, 0) is 9.59 Å². The number of aromatic nitrogens is 2. The second-order valence-electron chi connectivity index (χ2n) is 8.42. The predicted octanol–water partition coefficient (Wildman–Crippen LogP) is 5.44. The average Bonchev–Trinajstić information content (AvgIpc) is 3.42. The van der Waals surface area contributed by atoms with Crippen molar-refractivity contribution in [2.45, 2.75) is 0 Å². The van der Waals surface area contributed by atoms with Crippen LogP contribution in [-0.4, -0.2) is 35.3 Å². The van der Waals surface area contributed by atoms with Crippen molar-refractivity contribution in [1.29, 1.82) is 0 Å². The van der Waals surface area contributed by atoms with Crippen LogP contribution in [0.1, 0.15) is 0 Å². The summed E-state index contributed by atoms with van der Waals surface area (Å²) >= 11 is 0. The fourth-order valence-electron chi connectivity index (χ4n) is 3.74. The third kappa shape index (κ3) is 6.86. The third-order valence-corrected chi connectivity index (χ3v) is 5.67. The summed E-state index contributed by atoms with van der Waals surface area (Å²) in [5.41, 5.74) is 4.24. The van der Waals surface area contributed by atoms with Gasteiger partial charge in [-0.05, 0) is 56.8 Å². The third-order valence-electron chi connectivity index (χ3n) is 5.67. The van der Waals surface area contributed by atoms with E-state index >= 15 is 0 Å². The van der Waals surface area contributed by atoms with Crippen LogP contribution in [0.2, 0.25) is 0 Å². The molecule has 0 unspecified atom stereocenters. The van der Waals surface area contributed by atoms with Gasteiger partial charge in [0.25, 0.3) is 11.8 Å². The van der Waals surface area contributed by atoms with Crippen molar-refractivity contribution < 1.29 is 23.7 Å². The van der Waals surface area contributed by atoms with E-state index in [1.54, 1.807) is 24.3 Å². The summed E-state index contributed by atoms with van der Waals surface area (Å²) in [6.45, 7) is -0.542. The van der Waals surface area contributed by atoms with Crippen molar-refractivity contribution in [1.82, 2.24) is 10.3 Å². The van der Waals surface area contributed by atoms with E-state index in [4.69, 9.17) is 9.47 Å². The maximum Gasteiger partial charge on any atom is 0.263 e. The van der Waals surface area contributed by atoms with Gasteiger partial charge in [-0.1, -0.05) is 84.9 Å². The summed E-state index contributed by atoms with van der Waals surface area (Å²) in [7, 11) is 0. The molecule has 0 bridgehead atoms. The van der Waals surface area contributed by atoms with E-state index < -0.39 is 11.8 Å². The molecule has 0 saturated carbocycles. The van der Waals surface area contributed by atoms with Crippen LogP contribution in [0, 0.1) is 0 Å². The highest BCUT2D eigenvalue weighted by molar-refractivity contribution is 5.98. The molecule has 0 aliphatic carbocycles. The lowest BCUT2D eigenvalue weighted by molar-refractivity contribution is -0.119. The molecule has 0 atom stereocenters. The van der Waals surface area contributed by atoms with Gasteiger partial charge in [0.15, 0.2) is 13.2 Å². The molecule has 194 valence electrons. The van der Waals surface area contributed by atoms with Gasteiger partial charge in [0, 0.05) is 0 Å². The molecule has 2 amide bonds. The molecule has 0 saturated heterocycles. The first kappa shape index (κ1) is 25.2.